The molecule has 0 radical (unpaired) electrons. The minimum absolute atomic E-state index is 0.319. The van der Waals surface area contributed by atoms with Crippen molar-refractivity contribution in [3.8, 4) is 11.4 Å². The van der Waals surface area contributed by atoms with Crippen LogP contribution in [-0.4, -0.2) is 21.6 Å². The maximum absolute atomic E-state index is 6.00. The molecule has 1 aromatic carbocycles. The SMILES string of the molecule is COc1ccc(-n2c(CCl)nc3cc(Br)cnc32)cc1. The van der Waals surface area contributed by atoms with Gasteiger partial charge in [-0.15, -0.1) is 11.6 Å². The number of hydrogen-bond donors (Lipinski definition) is 0. The van der Waals surface area contributed by atoms with Crippen LogP contribution in [-0.2, 0) is 5.88 Å². The molecule has 102 valence electrons. The number of benzene rings is 1. The molecule has 4 nitrogen and oxygen atoms in total. The van der Waals surface area contributed by atoms with E-state index < -0.39 is 0 Å². The van der Waals surface area contributed by atoms with Crippen molar-refractivity contribution in [2.45, 2.75) is 5.88 Å². The summed E-state index contributed by atoms with van der Waals surface area (Å²) in [5, 5.41) is 0. The Bertz CT molecular complexity index is 755. The maximum Gasteiger partial charge on any atom is 0.164 e. The number of rotatable bonds is 3. The van der Waals surface area contributed by atoms with Gasteiger partial charge in [-0.05, 0) is 46.3 Å². The van der Waals surface area contributed by atoms with Gasteiger partial charge in [0.05, 0.1) is 13.0 Å². The Balaban J connectivity index is 2.22. The van der Waals surface area contributed by atoms with E-state index in [1.165, 1.54) is 0 Å². The second kappa shape index (κ2) is 5.42. The number of ether oxygens (including phenoxy) is 1. The second-order valence-corrected chi connectivity index (χ2v) is 5.37. The quantitative estimate of drug-likeness (QED) is 0.671. The van der Waals surface area contributed by atoms with E-state index in [1.54, 1.807) is 13.3 Å². The van der Waals surface area contributed by atoms with Crippen molar-refractivity contribution < 1.29 is 4.74 Å². The molecule has 20 heavy (non-hydrogen) atoms. The maximum atomic E-state index is 6.00. The topological polar surface area (TPSA) is 39.9 Å². The standard InChI is InChI=1S/C14H11BrClN3O/c1-20-11-4-2-10(3-5-11)19-13(7-16)18-12-6-9(15)8-17-14(12)19/h2-6,8H,7H2,1H3. The summed E-state index contributed by atoms with van der Waals surface area (Å²) in [5.74, 6) is 1.89. The van der Waals surface area contributed by atoms with Gasteiger partial charge < -0.3 is 4.74 Å². The molecule has 0 spiro atoms. The van der Waals surface area contributed by atoms with Crippen LogP contribution in [0.15, 0.2) is 41.0 Å². The molecule has 3 aromatic rings. The summed E-state index contributed by atoms with van der Waals surface area (Å²) >= 11 is 9.41. The van der Waals surface area contributed by atoms with Gasteiger partial charge in [-0.3, -0.25) is 4.57 Å². The molecule has 0 unspecified atom stereocenters. The Morgan fingerprint density at radius 3 is 2.70 bits per heavy atom. The van der Waals surface area contributed by atoms with Crippen molar-refractivity contribution in [1.29, 1.82) is 0 Å². The molecule has 6 heteroatoms. The first-order chi connectivity index (χ1) is 9.72. The Kier molecular flexibility index (Phi) is 3.63. The first-order valence-electron chi connectivity index (χ1n) is 5.96. The smallest absolute Gasteiger partial charge is 0.164 e. The first kappa shape index (κ1) is 13.4. The molecule has 0 amide bonds. The van der Waals surface area contributed by atoms with Gasteiger partial charge in [0.2, 0.25) is 0 Å². The summed E-state index contributed by atoms with van der Waals surface area (Å²) in [5.41, 5.74) is 2.55. The molecule has 2 aromatic heterocycles. The lowest BCUT2D eigenvalue weighted by Crippen LogP contribution is -2.00. The van der Waals surface area contributed by atoms with Crippen LogP contribution in [0.25, 0.3) is 16.9 Å². The van der Waals surface area contributed by atoms with Crippen LogP contribution in [0.1, 0.15) is 5.82 Å². The highest BCUT2D eigenvalue weighted by atomic mass is 79.9. The van der Waals surface area contributed by atoms with Crippen molar-refractivity contribution in [2.75, 3.05) is 7.11 Å². The predicted octanol–water partition coefficient (Wildman–Crippen LogP) is 3.93. The van der Waals surface area contributed by atoms with Crippen molar-refractivity contribution in [3.05, 3.63) is 46.8 Å². The summed E-state index contributed by atoms with van der Waals surface area (Å²) in [6.07, 6.45) is 1.75. The van der Waals surface area contributed by atoms with E-state index in [4.69, 9.17) is 16.3 Å². The molecule has 0 N–H and O–H groups in total. The van der Waals surface area contributed by atoms with E-state index in [1.807, 2.05) is 34.9 Å². The highest BCUT2D eigenvalue weighted by molar-refractivity contribution is 9.10. The monoisotopic (exact) mass is 351 g/mol. The lowest BCUT2D eigenvalue weighted by atomic mass is 10.3. The number of methoxy groups -OCH3 is 1. The third-order valence-electron chi connectivity index (χ3n) is 2.98. The van der Waals surface area contributed by atoms with E-state index >= 15 is 0 Å². The molecule has 0 atom stereocenters. The van der Waals surface area contributed by atoms with Crippen LogP contribution >= 0.6 is 27.5 Å². The summed E-state index contributed by atoms with van der Waals surface area (Å²) < 4.78 is 8.02. The van der Waals surface area contributed by atoms with Gasteiger partial charge in [0.1, 0.15) is 17.1 Å². The van der Waals surface area contributed by atoms with Crippen molar-refractivity contribution in [3.63, 3.8) is 0 Å². The number of hydrogen-bond acceptors (Lipinski definition) is 3. The minimum Gasteiger partial charge on any atom is -0.497 e. The molecule has 0 aliphatic heterocycles. The highest BCUT2D eigenvalue weighted by Gasteiger charge is 2.13. The van der Waals surface area contributed by atoms with Gasteiger partial charge in [0.15, 0.2) is 5.65 Å². The van der Waals surface area contributed by atoms with Crippen LogP contribution in [0.3, 0.4) is 0 Å². The molecular weight excluding hydrogens is 342 g/mol. The number of alkyl halides is 1. The minimum atomic E-state index is 0.319. The van der Waals surface area contributed by atoms with E-state index in [9.17, 15) is 0 Å². The fourth-order valence-corrected chi connectivity index (χ4v) is 2.58. The largest absolute Gasteiger partial charge is 0.497 e. The van der Waals surface area contributed by atoms with Gasteiger partial charge in [-0.25, -0.2) is 9.97 Å². The molecule has 0 fully saturated rings. The van der Waals surface area contributed by atoms with Crippen LogP contribution in [0.2, 0.25) is 0 Å². The first-order valence-corrected chi connectivity index (χ1v) is 7.29. The molecule has 0 saturated carbocycles. The molecule has 0 aliphatic carbocycles. The zero-order valence-electron chi connectivity index (χ0n) is 10.7. The van der Waals surface area contributed by atoms with Gasteiger partial charge >= 0.3 is 0 Å². The second-order valence-electron chi connectivity index (χ2n) is 4.19. The number of imidazole rings is 1. The van der Waals surface area contributed by atoms with E-state index in [-0.39, 0.29) is 0 Å². The normalized spacial score (nSPS) is 10.9. The predicted molar refractivity (Wildman–Crippen MR) is 82.7 cm³/mol. The van der Waals surface area contributed by atoms with E-state index in [0.29, 0.717) is 5.88 Å². The zero-order chi connectivity index (χ0) is 14.1. The van der Waals surface area contributed by atoms with Crippen molar-refractivity contribution in [1.82, 2.24) is 14.5 Å². The van der Waals surface area contributed by atoms with Crippen LogP contribution in [0.5, 0.6) is 5.75 Å². The summed E-state index contributed by atoms with van der Waals surface area (Å²) in [6.45, 7) is 0. The number of fused-ring (bicyclic) bond motifs is 1. The van der Waals surface area contributed by atoms with E-state index in [2.05, 4.69) is 25.9 Å². The third-order valence-corrected chi connectivity index (χ3v) is 3.66. The highest BCUT2D eigenvalue weighted by Crippen LogP contribution is 2.24. The average Bonchev–Trinajstić information content (AvgIpc) is 2.84. The van der Waals surface area contributed by atoms with Crippen LogP contribution < -0.4 is 4.74 Å². The summed E-state index contributed by atoms with van der Waals surface area (Å²) in [6, 6.07) is 9.65. The number of pyridine rings is 1. The number of halogens is 2. The Morgan fingerprint density at radius 2 is 2.05 bits per heavy atom. The summed E-state index contributed by atoms with van der Waals surface area (Å²) in [7, 11) is 1.64. The van der Waals surface area contributed by atoms with Gasteiger partial charge in [-0.1, -0.05) is 0 Å². The Morgan fingerprint density at radius 1 is 1.30 bits per heavy atom. The third kappa shape index (κ3) is 2.27. The molecular formula is C14H11BrClN3O. The van der Waals surface area contributed by atoms with Gasteiger partial charge in [0.25, 0.3) is 0 Å². The summed E-state index contributed by atoms with van der Waals surface area (Å²) in [4.78, 5) is 8.95. The molecule has 0 aliphatic rings. The van der Waals surface area contributed by atoms with E-state index in [0.717, 1.165) is 32.9 Å². The molecule has 2 heterocycles. The van der Waals surface area contributed by atoms with Crippen molar-refractivity contribution in [2.24, 2.45) is 0 Å². The van der Waals surface area contributed by atoms with Crippen LogP contribution in [0, 0.1) is 0 Å². The average molecular weight is 353 g/mol. The fourth-order valence-electron chi connectivity index (χ4n) is 2.08. The fraction of sp³-hybridized carbons (Fsp3) is 0.143. The molecule has 0 saturated heterocycles. The molecule has 3 rings (SSSR count). The zero-order valence-corrected chi connectivity index (χ0v) is 13.0. The molecule has 0 bridgehead atoms. The lowest BCUT2D eigenvalue weighted by Gasteiger charge is -2.08. The van der Waals surface area contributed by atoms with Crippen LogP contribution in [0.4, 0.5) is 0 Å². The van der Waals surface area contributed by atoms with Gasteiger partial charge in [-0.2, -0.15) is 0 Å². The number of nitrogens with zero attached hydrogens (tertiary/aromatic N) is 3. The Hall–Kier alpha value is -1.59. The lowest BCUT2D eigenvalue weighted by molar-refractivity contribution is 0.414. The Labute approximate surface area is 129 Å². The van der Waals surface area contributed by atoms with Gasteiger partial charge in [0, 0.05) is 16.4 Å². The number of aromatic nitrogens is 3. The van der Waals surface area contributed by atoms with Crippen molar-refractivity contribution >= 4 is 38.7 Å².